The zero-order valence-corrected chi connectivity index (χ0v) is 8.22. The first-order valence-corrected chi connectivity index (χ1v) is 5.09. The summed E-state index contributed by atoms with van der Waals surface area (Å²) in [5, 5.41) is 4.09. The van der Waals surface area contributed by atoms with Crippen molar-refractivity contribution in [2.24, 2.45) is 0 Å². The van der Waals surface area contributed by atoms with E-state index >= 15 is 0 Å². The van der Waals surface area contributed by atoms with Crippen molar-refractivity contribution in [3.8, 4) is 0 Å². The van der Waals surface area contributed by atoms with Crippen molar-refractivity contribution in [2.75, 3.05) is 6.54 Å². The molecule has 0 bridgehead atoms. The molecule has 70 valence electrons. The molecule has 0 spiro atoms. The summed E-state index contributed by atoms with van der Waals surface area (Å²) in [7, 11) is 0. The molecule has 0 unspecified atom stereocenters. The highest BCUT2D eigenvalue weighted by Gasteiger charge is 2.16. The summed E-state index contributed by atoms with van der Waals surface area (Å²) in [6.07, 6.45) is 5.46. The number of rotatable bonds is 1. The number of piperidine rings is 1. The zero-order valence-electron chi connectivity index (χ0n) is 7.46. The average molecular weight is 197 g/mol. The largest absolute Gasteiger partial charge is 0.310 e. The van der Waals surface area contributed by atoms with Gasteiger partial charge in [0.15, 0.2) is 0 Å². The van der Waals surface area contributed by atoms with Gasteiger partial charge in [0.2, 0.25) is 0 Å². The molecule has 1 aliphatic rings. The second kappa shape index (κ2) is 4.07. The molecule has 1 aromatic heterocycles. The van der Waals surface area contributed by atoms with Gasteiger partial charge < -0.3 is 5.32 Å². The number of aromatic nitrogens is 1. The summed E-state index contributed by atoms with van der Waals surface area (Å²) in [5.74, 6) is 0. The summed E-state index contributed by atoms with van der Waals surface area (Å²) >= 11 is 6.01. The van der Waals surface area contributed by atoms with E-state index in [4.69, 9.17) is 11.6 Å². The Morgan fingerprint density at radius 3 is 3.08 bits per heavy atom. The predicted octanol–water partition coefficient (Wildman–Crippen LogP) is 2.55. The zero-order chi connectivity index (χ0) is 9.10. The fourth-order valence-electron chi connectivity index (χ4n) is 1.78. The molecule has 0 aliphatic carbocycles. The van der Waals surface area contributed by atoms with Crippen molar-refractivity contribution in [1.29, 1.82) is 0 Å². The van der Waals surface area contributed by atoms with E-state index in [9.17, 15) is 0 Å². The first-order valence-electron chi connectivity index (χ1n) is 4.72. The molecule has 1 aliphatic heterocycles. The van der Waals surface area contributed by atoms with Crippen LogP contribution in [0.15, 0.2) is 18.3 Å². The Kier molecular flexibility index (Phi) is 2.81. The average Bonchev–Trinajstić information content (AvgIpc) is 2.20. The third kappa shape index (κ3) is 2.01. The summed E-state index contributed by atoms with van der Waals surface area (Å²) in [6.45, 7) is 1.09. The fourth-order valence-corrected chi connectivity index (χ4v) is 2.03. The molecule has 2 heterocycles. The molecular formula is C10H13ClN2. The van der Waals surface area contributed by atoms with Gasteiger partial charge in [0.05, 0.1) is 0 Å². The topological polar surface area (TPSA) is 24.9 Å². The standard InChI is InChI=1S/C10H13ClN2/c11-10-8(4-3-7-13-10)9-5-1-2-6-12-9/h3-4,7,9,12H,1-2,5-6H2/t9-/m1/s1. The van der Waals surface area contributed by atoms with Gasteiger partial charge in [-0.05, 0) is 25.5 Å². The Bertz CT molecular complexity index is 282. The Hall–Kier alpha value is -0.600. The van der Waals surface area contributed by atoms with Crippen molar-refractivity contribution in [3.63, 3.8) is 0 Å². The van der Waals surface area contributed by atoms with Crippen molar-refractivity contribution in [1.82, 2.24) is 10.3 Å². The van der Waals surface area contributed by atoms with Crippen LogP contribution in [0.1, 0.15) is 30.9 Å². The minimum absolute atomic E-state index is 0.412. The molecule has 0 aromatic carbocycles. The quantitative estimate of drug-likeness (QED) is 0.699. The van der Waals surface area contributed by atoms with E-state index < -0.39 is 0 Å². The van der Waals surface area contributed by atoms with Crippen molar-refractivity contribution >= 4 is 11.6 Å². The van der Waals surface area contributed by atoms with Gasteiger partial charge in [-0.3, -0.25) is 0 Å². The summed E-state index contributed by atoms with van der Waals surface area (Å²) in [6, 6.07) is 4.41. The van der Waals surface area contributed by atoms with E-state index in [1.54, 1.807) is 6.20 Å². The van der Waals surface area contributed by atoms with Gasteiger partial charge in [-0.25, -0.2) is 4.98 Å². The van der Waals surface area contributed by atoms with Gasteiger partial charge in [-0.2, -0.15) is 0 Å². The first-order chi connectivity index (χ1) is 6.38. The Morgan fingerprint density at radius 1 is 1.46 bits per heavy atom. The van der Waals surface area contributed by atoms with E-state index in [0.717, 1.165) is 12.1 Å². The van der Waals surface area contributed by atoms with Crippen LogP contribution in [0.5, 0.6) is 0 Å². The van der Waals surface area contributed by atoms with Gasteiger partial charge >= 0.3 is 0 Å². The lowest BCUT2D eigenvalue weighted by Crippen LogP contribution is -2.27. The predicted molar refractivity (Wildman–Crippen MR) is 53.8 cm³/mol. The van der Waals surface area contributed by atoms with Crippen LogP contribution in [0.3, 0.4) is 0 Å². The maximum atomic E-state index is 6.01. The summed E-state index contributed by atoms with van der Waals surface area (Å²) < 4.78 is 0. The maximum Gasteiger partial charge on any atom is 0.133 e. The SMILES string of the molecule is Clc1ncccc1[C@H]1CCCCN1. The third-order valence-corrected chi connectivity index (χ3v) is 2.79. The summed E-state index contributed by atoms with van der Waals surface area (Å²) in [5.41, 5.74) is 1.14. The molecule has 2 rings (SSSR count). The van der Waals surface area contributed by atoms with Crippen molar-refractivity contribution in [2.45, 2.75) is 25.3 Å². The maximum absolute atomic E-state index is 6.01. The third-order valence-electron chi connectivity index (χ3n) is 2.47. The molecule has 1 fully saturated rings. The lowest BCUT2D eigenvalue weighted by Gasteiger charge is -2.23. The number of nitrogens with one attached hydrogen (secondary N) is 1. The van der Waals surface area contributed by atoms with Crippen LogP contribution in [-0.4, -0.2) is 11.5 Å². The molecule has 1 aromatic rings. The number of hydrogen-bond acceptors (Lipinski definition) is 2. The lowest BCUT2D eigenvalue weighted by molar-refractivity contribution is 0.412. The molecule has 0 radical (unpaired) electrons. The van der Waals surface area contributed by atoms with Crippen LogP contribution in [0.25, 0.3) is 0 Å². The van der Waals surface area contributed by atoms with Gasteiger partial charge in [0.1, 0.15) is 5.15 Å². The highest BCUT2D eigenvalue weighted by atomic mass is 35.5. The van der Waals surface area contributed by atoms with E-state index in [0.29, 0.717) is 11.2 Å². The smallest absolute Gasteiger partial charge is 0.133 e. The van der Waals surface area contributed by atoms with E-state index in [2.05, 4.69) is 16.4 Å². The Balaban J connectivity index is 2.18. The van der Waals surface area contributed by atoms with Crippen LogP contribution >= 0.6 is 11.6 Å². The molecule has 1 saturated heterocycles. The van der Waals surface area contributed by atoms with Crippen LogP contribution in [-0.2, 0) is 0 Å². The normalized spacial score (nSPS) is 23.0. The second-order valence-corrected chi connectivity index (χ2v) is 3.74. The Morgan fingerprint density at radius 2 is 2.38 bits per heavy atom. The van der Waals surface area contributed by atoms with E-state index in [-0.39, 0.29) is 0 Å². The van der Waals surface area contributed by atoms with Crippen molar-refractivity contribution < 1.29 is 0 Å². The van der Waals surface area contributed by atoms with Gasteiger partial charge in [-0.15, -0.1) is 0 Å². The van der Waals surface area contributed by atoms with E-state index in [1.807, 2.05) is 6.07 Å². The van der Waals surface area contributed by atoms with Crippen LogP contribution in [0.2, 0.25) is 5.15 Å². The molecule has 3 heteroatoms. The monoisotopic (exact) mass is 196 g/mol. The van der Waals surface area contributed by atoms with Crippen LogP contribution in [0.4, 0.5) is 0 Å². The summed E-state index contributed by atoms with van der Waals surface area (Å²) in [4.78, 5) is 4.08. The minimum Gasteiger partial charge on any atom is -0.310 e. The molecule has 0 amide bonds. The van der Waals surface area contributed by atoms with Crippen LogP contribution in [0, 0.1) is 0 Å². The number of halogens is 1. The lowest BCUT2D eigenvalue weighted by atomic mass is 9.99. The molecule has 1 atom stereocenters. The number of hydrogen-bond donors (Lipinski definition) is 1. The number of pyridine rings is 1. The Labute approximate surface area is 83.3 Å². The molecule has 13 heavy (non-hydrogen) atoms. The molecular weight excluding hydrogens is 184 g/mol. The molecule has 1 N–H and O–H groups in total. The highest BCUT2D eigenvalue weighted by molar-refractivity contribution is 6.30. The van der Waals surface area contributed by atoms with E-state index in [1.165, 1.54) is 19.3 Å². The second-order valence-electron chi connectivity index (χ2n) is 3.39. The van der Waals surface area contributed by atoms with Crippen molar-refractivity contribution in [3.05, 3.63) is 29.0 Å². The molecule has 2 nitrogen and oxygen atoms in total. The first kappa shape index (κ1) is 8.97. The van der Waals surface area contributed by atoms with Gasteiger partial charge in [0.25, 0.3) is 0 Å². The van der Waals surface area contributed by atoms with Crippen LogP contribution < -0.4 is 5.32 Å². The number of nitrogens with zero attached hydrogens (tertiary/aromatic N) is 1. The highest BCUT2D eigenvalue weighted by Crippen LogP contribution is 2.26. The minimum atomic E-state index is 0.412. The van der Waals surface area contributed by atoms with Gasteiger partial charge in [-0.1, -0.05) is 24.1 Å². The molecule has 0 saturated carbocycles. The fraction of sp³-hybridized carbons (Fsp3) is 0.500. The van der Waals surface area contributed by atoms with Gasteiger partial charge in [0, 0.05) is 17.8 Å².